The van der Waals surface area contributed by atoms with E-state index in [4.69, 9.17) is 0 Å². The summed E-state index contributed by atoms with van der Waals surface area (Å²) in [5.74, 6) is -0.938. The molecule has 162 valence electrons. The van der Waals surface area contributed by atoms with E-state index in [1.54, 1.807) is 45.0 Å². The molecule has 3 rings (SSSR count). The normalized spacial score (nSPS) is 14.4. The van der Waals surface area contributed by atoms with Gasteiger partial charge in [0.25, 0.3) is 5.91 Å². The van der Waals surface area contributed by atoms with E-state index in [9.17, 15) is 17.6 Å². The van der Waals surface area contributed by atoms with Gasteiger partial charge >= 0.3 is 0 Å². The fraction of sp³-hybridized carbons (Fsp3) is 0.409. The van der Waals surface area contributed by atoms with Crippen molar-refractivity contribution < 1.29 is 17.6 Å². The summed E-state index contributed by atoms with van der Waals surface area (Å²) < 4.78 is 41.2. The van der Waals surface area contributed by atoms with Crippen LogP contribution in [0.2, 0.25) is 0 Å². The summed E-state index contributed by atoms with van der Waals surface area (Å²) in [6, 6.07) is 9.13. The Hall–Kier alpha value is -2.45. The van der Waals surface area contributed by atoms with Crippen LogP contribution >= 0.6 is 0 Å². The summed E-state index contributed by atoms with van der Waals surface area (Å²) in [6.07, 6.45) is 2.08. The third-order valence-corrected chi connectivity index (χ3v) is 7.49. The molecule has 0 bridgehead atoms. The molecule has 1 saturated heterocycles. The van der Waals surface area contributed by atoms with Crippen LogP contribution in [0.25, 0.3) is 0 Å². The number of rotatable bonds is 7. The van der Waals surface area contributed by atoms with Gasteiger partial charge in [0.2, 0.25) is 10.0 Å². The Kier molecular flexibility index (Phi) is 6.77. The number of carbonyl (C=O) groups is 1. The Morgan fingerprint density at radius 2 is 1.77 bits per heavy atom. The van der Waals surface area contributed by atoms with Crippen molar-refractivity contribution in [2.45, 2.75) is 38.5 Å². The van der Waals surface area contributed by atoms with Crippen molar-refractivity contribution in [3.8, 4) is 0 Å². The van der Waals surface area contributed by atoms with Gasteiger partial charge < -0.3 is 10.2 Å². The van der Waals surface area contributed by atoms with Crippen LogP contribution in [0.4, 0.5) is 15.8 Å². The molecule has 1 N–H and O–H groups in total. The summed E-state index contributed by atoms with van der Waals surface area (Å²) >= 11 is 0. The molecule has 2 aromatic rings. The molecule has 30 heavy (non-hydrogen) atoms. The van der Waals surface area contributed by atoms with Crippen molar-refractivity contribution in [3.63, 3.8) is 0 Å². The highest BCUT2D eigenvalue weighted by atomic mass is 32.2. The van der Waals surface area contributed by atoms with Crippen LogP contribution in [-0.2, 0) is 10.0 Å². The van der Waals surface area contributed by atoms with Gasteiger partial charge in [-0.25, -0.2) is 12.8 Å². The average Bonchev–Trinajstić information content (AvgIpc) is 3.25. The molecular weight excluding hydrogens is 405 g/mol. The van der Waals surface area contributed by atoms with E-state index < -0.39 is 21.7 Å². The predicted octanol–water partition coefficient (Wildman–Crippen LogP) is 4.02. The molecular formula is C22H28FN3O3S. The third kappa shape index (κ3) is 4.49. The molecule has 0 aliphatic carbocycles. The second kappa shape index (κ2) is 9.14. The summed E-state index contributed by atoms with van der Waals surface area (Å²) in [7, 11) is -3.67. The monoisotopic (exact) mass is 433 g/mol. The van der Waals surface area contributed by atoms with Gasteiger partial charge in [-0.15, -0.1) is 0 Å². The molecule has 0 unspecified atom stereocenters. The zero-order chi connectivity index (χ0) is 21.9. The van der Waals surface area contributed by atoms with E-state index in [0.29, 0.717) is 24.3 Å². The molecule has 0 radical (unpaired) electrons. The highest BCUT2D eigenvalue weighted by Crippen LogP contribution is 2.32. The zero-order valence-electron chi connectivity index (χ0n) is 17.6. The number of sulfonamides is 1. The number of amides is 1. The number of anilines is 2. The standard InChI is InChI=1S/C22H28FN3O3S/c1-4-26(5-2)30(28,29)18-10-11-21(25-12-6-7-13-25)20(15-18)24-22(27)17-9-8-16(3)19(23)14-17/h8-11,14-15H,4-7,12-13H2,1-3H3,(H,24,27). The minimum atomic E-state index is -3.67. The molecule has 0 aromatic heterocycles. The third-order valence-electron chi connectivity index (χ3n) is 5.44. The van der Waals surface area contributed by atoms with Crippen molar-refractivity contribution in [2.24, 2.45) is 0 Å². The molecule has 1 fully saturated rings. The fourth-order valence-electron chi connectivity index (χ4n) is 3.65. The Morgan fingerprint density at radius 1 is 1.10 bits per heavy atom. The largest absolute Gasteiger partial charge is 0.370 e. The van der Waals surface area contributed by atoms with Gasteiger partial charge in [0.15, 0.2) is 0 Å². The second-order valence-corrected chi connectivity index (χ2v) is 9.32. The molecule has 8 heteroatoms. The maximum atomic E-state index is 13.9. The van der Waals surface area contributed by atoms with Crippen molar-refractivity contribution in [2.75, 3.05) is 36.4 Å². The first kappa shape index (κ1) is 22.2. The lowest BCUT2D eigenvalue weighted by molar-refractivity contribution is 0.102. The quantitative estimate of drug-likeness (QED) is 0.716. The number of hydrogen-bond donors (Lipinski definition) is 1. The first-order chi connectivity index (χ1) is 14.3. The predicted molar refractivity (Wildman–Crippen MR) is 117 cm³/mol. The smallest absolute Gasteiger partial charge is 0.255 e. The number of aryl methyl sites for hydroxylation is 1. The van der Waals surface area contributed by atoms with E-state index >= 15 is 0 Å². The Balaban J connectivity index is 2.00. The number of nitrogens with zero attached hydrogens (tertiary/aromatic N) is 2. The zero-order valence-corrected chi connectivity index (χ0v) is 18.4. The lowest BCUT2D eigenvalue weighted by Gasteiger charge is -2.24. The first-order valence-electron chi connectivity index (χ1n) is 10.2. The van der Waals surface area contributed by atoms with E-state index in [2.05, 4.69) is 10.2 Å². The van der Waals surface area contributed by atoms with Gasteiger partial charge in [0.05, 0.1) is 16.3 Å². The highest BCUT2D eigenvalue weighted by molar-refractivity contribution is 7.89. The molecule has 0 spiro atoms. The van der Waals surface area contributed by atoms with Crippen molar-refractivity contribution >= 4 is 27.3 Å². The van der Waals surface area contributed by atoms with E-state index in [0.717, 1.165) is 31.6 Å². The van der Waals surface area contributed by atoms with E-state index in [1.807, 2.05) is 0 Å². The van der Waals surface area contributed by atoms with Crippen LogP contribution in [0.1, 0.15) is 42.6 Å². The molecule has 1 aliphatic rings. The molecule has 1 amide bonds. The summed E-state index contributed by atoms with van der Waals surface area (Å²) in [5, 5.41) is 2.81. The number of hydrogen-bond acceptors (Lipinski definition) is 4. The minimum Gasteiger partial charge on any atom is -0.370 e. The lowest BCUT2D eigenvalue weighted by Crippen LogP contribution is -2.31. The fourth-order valence-corrected chi connectivity index (χ4v) is 5.14. The van der Waals surface area contributed by atoms with E-state index in [1.165, 1.54) is 16.4 Å². The van der Waals surface area contributed by atoms with Crippen molar-refractivity contribution in [3.05, 3.63) is 53.3 Å². The second-order valence-electron chi connectivity index (χ2n) is 7.38. The van der Waals surface area contributed by atoms with Crippen LogP contribution < -0.4 is 10.2 Å². The highest BCUT2D eigenvalue weighted by Gasteiger charge is 2.25. The topological polar surface area (TPSA) is 69.7 Å². The van der Waals surface area contributed by atoms with Gasteiger partial charge in [-0.05, 0) is 55.7 Å². The maximum absolute atomic E-state index is 13.9. The van der Waals surface area contributed by atoms with Gasteiger partial charge in [0, 0.05) is 31.7 Å². The molecule has 1 heterocycles. The molecule has 0 saturated carbocycles. The molecule has 1 aliphatic heterocycles. The van der Waals surface area contributed by atoms with Crippen molar-refractivity contribution in [1.82, 2.24) is 4.31 Å². The molecule has 6 nitrogen and oxygen atoms in total. The first-order valence-corrected chi connectivity index (χ1v) is 11.7. The number of halogens is 1. The van der Waals surface area contributed by atoms with Crippen LogP contribution in [0.15, 0.2) is 41.3 Å². The summed E-state index contributed by atoms with van der Waals surface area (Å²) in [4.78, 5) is 15.0. The molecule has 2 aromatic carbocycles. The SMILES string of the molecule is CCN(CC)S(=O)(=O)c1ccc(N2CCCC2)c(NC(=O)c2ccc(C)c(F)c2)c1. The maximum Gasteiger partial charge on any atom is 0.255 e. The lowest BCUT2D eigenvalue weighted by atomic mass is 10.1. The van der Waals surface area contributed by atoms with E-state index in [-0.39, 0.29) is 10.5 Å². The van der Waals surface area contributed by atoms with Crippen molar-refractivity contribution in [1.29, 1.82) is 0 Å². The van der Waals surface area contributed by atoms with Crippen LogP contribution in [0, 0.1) is 12.7 Å². The number of nitrogens with one attached hydrogen (secondary N) is 1. The minimum absolute atomic E-state index is 0.125. The summed E-state index contributed by atoms with van der Waals surface area (Å²) in [6.45, 7) is 7.59. The van der Waals surface area contributed by atoms with Gasteiger partial charge in [-0.2, -0.15) is 4.31 Å². The van der Waals surface area contributed by atoms with Crippen LogP contribution in [0.5, 0.6) is 0 Å². The van der Waals surface area contributed by atoms with Gasteiger partial charge in [0.1, 0.15) is 5.82 Å². The van der Waals surface area contributed by atoms with Crippen LogP contribution in [-0.4, -0.2) is 44.8 Å². The molecule has 0 atom stereocenters. The van der Waals surface area contributed by atoms with Gasteiger partial charge in [-0.3, -0.25) is 4.79 Å². The Morgan fingerprint density at radius 3 is 2.37 bits per heavy atom. The average molecular weight is 434 g/mol. The number of carbonyl (C=O) groups excluding carboxylic acids is 1. The van der Waals surface area contributed by atoms with Crippen LogP contribution in [0.3, 0.4) is 0 Å². The van der Waals surface area contributed by atoms with Gasteiger partial charge in [-0.1, -0.05) is 19.9 Å². The number of benzene rings is 2. The Labute approximate surface area is 177 Å². The Bertz CT molecular complexity index is 1030. The summed E-state index contributed by atoms with van der Waals surface area (Å²) in [5.41, 5.74) is 1.82.